The molecule has 2 saturated heterocycles. The zero-order valence-electron chi connectivity index (χ0n) is 18.6. The molecule has 1 aromatic carbocycles. The molecule has 2 fully saturated rings. The predicted molar refractivity (Wildman–Crippen MR) is 124 cm³/mol. The third-order valence-corrected chi connectivity index (χ3v) is 6.11. The third-order valence-electron chi connectivity index (χ3n) is 6.11. The van der Waals surface area contributed by atoms with Gasteiger partial charge in [-0.3, -0.25) is 4.99 Å². The number of carbonyl (C=O) groups excluding carboxylic acids is 1. The number of amides is 2. The number of rotatable bonds is 7. The summed E-state index contributed by atoms with van der Waals surface area (Å²) in [6, 6.07) is 8.71. The fourth-order valence-corrected chi connectivity index (χ4v) is 4.27. The Hall–Kier alpha value is -2.28. The van der Waals surface area contributed by atoms with E-state index in [0.717, 1.165) is 68.7 Å². The van der Waals surface area contributed by atoms with Crippen molar-refractivity contribution >= 4 is 17.7 Å². The molecule has 1 aromatic rings. The van der Waals surface area contributed by atoms with Crippen LogP contribution in [0.3, 0.4) is 0 Å². The summed E-state index contributed by atoms with van der Waals surface area (Å²) in [6.07, 6.45) is 7.34. The molecule has 2 aliphatic rings. The normalized spacial score (nSPS) is 20.3. The molecule has 7 nitrogen and oxygen atoms in total. The van der Waals surface area contributed by atoms with Crippen LogP contribution >= 0.6 is 0 Å². The van der Waals surface area contributed by atoms with Gasteiger partial charge in [-0.2, -0.15) is 0 Å². The molecule has 0 aromatic heterocycles. The van der Waals surface area contributed by atoms with E-state index in [-0.39, 0.29) is 6.03 Å². The number of guanidine groups is 1. The lowest BCUT2D eigenvalue weighted by Crippen LogP contribution is -2.41. The van der Waals surface area contributed by atoms with Crippen LogP contribution in [0, 0.1) is 0 Å². The molecule has 2 aliphatic heterocycles. The Morgan fingerprint density at radius 1 is 1.13 bits per heavy atom. The monoisotopic (exact) mass is 414 g/mol. The number of piperidine rings is 1. The van der Waals surface area contributed by atoms with Crippen LogP contribution in [-0.4, -0.2) is 67.6 Å². The van der Waals surface area contributed by atoms with Gasteiger partial charge in [0.15, 0.2) is 5.96 Å². The van der Waals surface area contributed by atoms with E-state index >= 15 is 0 Å². The first-order chi connectivity index (χ1) is 14.7. The predicted octanol–water partition coefficient (Wildman–Crippen LogP) is 3.24. The van der Waals surface area contributed by atoms with E-state index in [0.29, 0.717) is 6.54 Å². The first-order valence-electron chi connectivity index (χ1n) is 11.5. The molecule has 0 saturated carbocycles. The molecule has 30 heavy (non-hydrogen) atoms. The number of benzene rings is 1. The number of anilines is 1. The Morgan fingerprint density at radius 2 is 1.93 bits per heavy atom. The van der Waals surface area contributed by atoms with Crippen LogP contribution in [0.1, 0.15) is 51.0 Å². The fourth-order valence-electron chi connectivity index (χ4n) is 4.27. The first kappa shape index (κ1) is 22.4. The highest BCUT2D eigenvalue weighted by atomic mass is 16.2. The summed E-state index contributed by atoms with van der Waals surface area (Å²) >= 11 is 0. The second-order valence-corrected chi connectivity index (χ2v) is 8.41. The molecule has 1 unspecified atom stereocenters. The van der Waals surface area contributed by atoms with Crippen molar-refractivity contribution in [2.24, 2.45) is 4.99 Å². The van der Waals surface area contributed by atoms with Crippen LogP contribution in [0.2, 0.25) is 0 Å². The molecule has 3 N–H and O–H groups in total. The second kappa shape index (κ2) is 11.8. The van der Waals surface area contributed by atoms with Gasteiger partial charge in [-0.1, -0.05) is 18.6 Å². The molecule has 166 valence electrons. The summed E-state index contributed by atoms with van der Waals surface area (Å²) in [6.45, 7) is 8.00. The molecule has 1 atom stereocenters. The van der Waals surface area contributed by atoms with Crippen molar-refractivity contribution in [2.75, 3.05) is 45.1 Å². The third kappa shape index (κ3) is 6.90. The van der Waals surface area contributed by atoms with Gasteiger partial charge in [-0.05, 0) is 63.3 Å². The van der Waals surface area contributed by atoms with Gasteiger partial charge in [-0.25, -0.2) is 4.79 Å². The summed E-state index contributed by atoms with van der Waals surface area (Å²) in [5.41, 5.74) is 1.95. The molecular weight excluding hydrogens is 376 g/mol. The van der Waals surface area contributed by atoms with E-state index in [1.54, 1.807) is 7.05 Å². The van der Waals surface area contributed by atoms with Crippen molar-refractivity contribution in [3.05, 3.63) is 29.8 Å². The minimum Gasteiger partial charge on any atom is -0.356 e. The van der Waals surface area contributed by atoms with Crippen molar-refractivity contribution in [2.45, 2.75) is 58.0 Å². The number of aliphatic imine (C=N–C) groups is 1. The zero-order valence-corrected chi connectivity index (χ0v) is 18.6. The van der Waals surface area contributed by atoms with Gasteiger partial charge in [-0.15, -0.1) is 0 Å². The van der Waals surface area contributed by atoms with Crippen molar-refractivity contribution in [1.82, 2.24) is 20.4 Å². The Balaban J connectivity index is 1.38. The smallest absolute Gasteiger partial charge is 0.321 e. The topological polar surface area (TPSA) is 72.0 Å². The number of hydrogen-bond acceptors (Lipinski definition) is 3. The molecule has 0 radical (unpaired) electrons. The maximum Gasteiger partial charge on any atom is 0.321 e. The Morgan fingerprint density at radius 3 is 2.70 bits per heavy atom. The molecule has 0 aliphatic carbocycles. The van der Waals surface area contributed by atoms with Crippen molar-refractivity contribution < 1.29 is 4.79 Å². The van der Waals surface area contributed by atoms with E-state index in [4.69, 9.17) is 0 Å². The minimum atomic E-state index is -0.00175. The maximum atomic E-state index is 12.3. The van der Waals surface area contributed by atoms with Crippen molar-refractivity contribution in [1.29, 1.82) is 0 Å². The van der Waals surface area contributed by atoms with E-state index in [1.165, 1.54) is 25.8 Å². The fraction of sp³-hybridized carbons (Fsp3) is 0.652. The molecule has 2 heterocycles. The zero-order chi connectivity index (χ0) is 21.2. The lowest BCUT2D eigenvalue weighted by Gasteiger charge is -2.33. The SMILES string of the molecule is CN=C(NCCCN1CCCCC1C)NCc1cccc(NC(=O)N2CCCC2)c1. The van der Waals surface area contributed by atoms with Gasteiger partial charge < -0.3 is 25.8 Å². The van der Waals surface area contributed by atoms with Gasteiger partial charge >= 0.3 is 6.03 Å². The highest BCUT2D eigenvalue weighted by Crippen LogP contribution is 2.16. The van der Waals surface area contributed by atoms with Crippen LogP contribution in [0.15, 0.2) is 29.3 Å². The van der Waals surface area contributed by atoms with E-state index < -0.39 is 0 Å². The number of hydrogen-bond donors (Lipinski definition) is 3. The summed E-state index contributed by atoms with van der Waals surface area (Å²) < 4.78 is 0. The molecule has 2 amide bonds. The van der Waals surface area contributed by atoms with E-state index in [1.807, 2.05) is 23.1 Å². The van der Waals surface area contributed by atoms with Crippen LogP contribution in [-0.2, 0) is 6.54 Å². The highest BCUT2D eigenvalue weighted by molar-refractivity contribution is 5.89. The van der Waals surface area contributed by atoms with Gasteiger partial charge in [0.05, 0.1) is 0 Å². The molecule has 7 heteroatoms. The van der Waals surface area contributed by atoms with Crippen LogP contribution < -0.4 is 16.0 Å². The number of carbonyl (C=O) groups is 1. The molecular formula is C23H38N6O. The van der Waals surface area contributed by atoms with Crippen LogP contribution in [0.5, 0.6) is 0 Å². The number of urea groups is 1. The van der Waals surface area contributed by atoms with Gasteiger partial charge in [0.1, 0.15) is 0 Å². The van der Waals surface area contributed by atoms with Gasteiger partial charge in [0.2, 0.25) is 0 Å². The maximum absolute atomic E-state index is 12.3. The summed E-state index contributed by atoms with van der Waals surface area (Å²) in [7, 11) is 1.80. The lowest BCUT2D eigenvalue weighted by atomic mass is 10.0. The van der Waals surface area contributed by atoms with Gasteiger partial charge in [0.25, 0.3) is 0 Å². The quantitative estimate of drug-likeness (QED) is 0.364. The minimum absolute atomic E-state index is 0.00175. The van der Waals surface area contributed by atoms with Crippen LogP contribution in [0.4, 0.5) is 10.5 Å². The Kier molecular flexibility index (Phi) is 8.81. The largest absolute Gasteiger partial charge is 0.356 e. The number of likely N-dealkylation sites (tertiary alicyclic amines) is 2. The average molecular weight is 415 g/mol. The second-order valence-electron chi connectivity index (χ2n) is 8.41. The standard InChI is InChI=1S/C23H38N6O/c1-19-9-3-4-13-28(19)16-8-12-25-22(24-2)26-18-20-10-7-11-21(17-20)27-23(30)29-14-5-6-15-29/h7,10-11,17,19H,3-6,8-9,12-16,18H2,1-2H3,(H,27,30)(H2,24,25,26). The number of nitrogens with zero attached hydrogens (tertiary/aromatic N) is 3. The molecule has 0 bridgehead atoms. The van der Waals surface area contributed by atoms with Crippen molar-refractivity contribution in [3.8, 4) is 0 Å². The highest BCUT2D eigenvalue weighted by Gasteiger charge is 2.18. The van der Waals surface area contributed by atoms with Crippen LogP contribution in [0.25, 0.3) is 0 Å². The first-order valence-corrected chi connectivity index (χ1v) is 11.5. The average Bonchev–Trinajstić information content (AvgIpc) is 3.30. The van der Waals surface area contributed by atoms with E-state index in [9.17, 15) is 4.79 Å². The number of nitrogens with one attached hydrogen (secondary N) is 3. The molecule has 3 rings (SSSR count). The Bertz CT molecular complexity index is 701. The lowest BCUT2D eigenvalue weighted by molar-refractivity contribution is 0.159. The van der Waals surface area contributed by atoms with Gasteiger partial charge in [0, 0.05) is 51.5 Å². The summed E-state index contributed by atoms with van der Waals surface area (Å²) in [4.78, 5) is 21.1. The van der Waals surface area contributed by atoms with Crippen molar-refractivity contribution in [3.63, 3.8) is 0 Å². The van der Waals surface area contributed by atoms with E-state index in [2.05, 4.69) is 38.8 Å². The summed E-state index contributed by atoms with van der Waals surface area (Å²) in [5.74, 6) is 0.813. The molecule has 0 spiro atoms. The summed E-state index contributed by atoms with van der Waals surface area (Å²) in [5, 5.41) is 9.80. The Labute approximate surface area is 181 Å².